The molecule has 0 aliphatic rings. The van der Waals surface area contributed by atoms with Crippen LogP contribution in [0.5, 0.6) is 0 Å². The normalized spacial score (nSPS) is 10.9. The fourth-order valence-corrected chi connectivity index (χ4v) is 3.21. The van der Waals surface area contributed by atoms with Gasteiger partial charge in [-0.3, -0.25) is 0 Å². The fraction of sp³-hybridized carbons (Fsp3) is 0.300. The number of aromatic nitrogens is 1. The maximum absolute atomic E-state index is 4.42. The van der Waals surface area contributed by atoms with E-state index in [9.17, 15) is 0 Å². The summed E-state index contributed by atoms with van der Waals surface area (Å²) in [6.45, 7) is 6.50. The second kappa shape index (κ2) is 2.72. The monoisotopic (exact) mass is 225 g/mol. The second-order valence-corrected chi connectivity index (χ2v) is 4.96. The van der Waals surface area contributed by atoms with Crippen molar-refractivity contribution in [3.63, 3.8) is 0 Å². The predicted octanol–water partition coefficient (Wildman–Crippen LogP) is 2.22. The third-order valence-corrected chi connectivity index (χ3v) is 4.32. The molecule has 0 N–H and O–H groups in total. The molecule has 2 rings (SSSR count). The summed E-state index contributed by atoms with van der Waals surface area (Å²) in [5.74, 6) is 0. The molecule has 0 bridgehead atoms. The van der Waals surface area contributed by atoms with Gasteiger partial charge in [0.1, 0.15) is 0 Å². The van der Waals surface area contributed by atoms with Crippen LogP contribution >= 0.6 is 0 Å². The van der Waals surface area contributed by atoms with Gasteiger partial charge in [-0.2, -0.15) is 0 Å². The van der Waals surface area contributed by atoms with Crippen LogP contribution in [0.3, 0.4) is 0 Å². The van der Waals surface area contributed by atoms with Crippen molar-refractivity contribution in [3.8, 4) is 0 Å². The van der Waals surface area contributed by atoms with Gasteiger partial charge in [-0.25, -0.2) is 0 Å². The summed E-state index contributed by atoms with van der Waals surface area (Å²) < 4.78 is 1.48. The number of benzene rings is 1. The Morgan fingerprint density at radius 3 is 2.67 bits per heavy atom. The molecular formula is C10H11NSe. The molecule has 1 nitrogen and oxygen atoms in total. The quantitative estimate of drug-likeness (QED) is 0.625. The topological polar surface area (TPSA) is 12.9 Å². The van der Waals surface area contributed by atoms with E-state index in [0.717, 1.165) is 0 Å². The van der Waals surface area contributed by atoms with E-state index in [4.69, 9.17) is 0 Å². The van der Waals surface area contributed by atoms with Gasteiger partial charge in [0.2, 0.25) is 0 Å². The first-order valence-electron chi connectivity index (χ1n) is 4.00. The molecule has 0 aliphatic heterocycles. The van der Waals surface area contributed by atoms with Gasteiger partial charge in [-0.15, -0.1) is 0 Å². The first kappa shape index (κ1) is 8.03. The summed E-state index contributed by atoms with van der Waals surface area (Å²) in [4.78, 5) is 4.42. The van der Waals surface area contributed by atoms with E-state index in [2.05, 4.69) is 36.9 Å². The van der Waals surface area contributed by atoms with Gasteiger partial charge in [0.05, 0.1) is 0 Å². The SMILES string of the molecule is Cc1cc(C)c2[se]cnc2c1C. The zero-order valence-corrected chi connectivity index (χ0v) is 9.22. The molecule has 0 atom stereocenters. The standard InChI is InChI=1S/C10H11NSe/c1-6-4-7(2)10-9(8(6)3)11-5-12-10/h4-5H,1-3H3. The van der Waals surface area contributed by atoms with Gasteiger partial charge >= 0.3 is 77.9 Å². The van der Waals surface area contributed by atoms with Gasteiger partial charge in [0, 0.05) is 0 Å². The third-order valence-electron chi connectivity index (χ3n) is 2.31. The average molecular weight is 224 g/mol. The molecule has 0 saturated heterocycles. The minimum absolute atomic E-state index is 0.484. The molecule has 0 saturated carbocycles. The molecule has 0 spiro atoms. The number of nitrogens with zero attached hydrogens (tertiary/aromatic N) is 1. The molecule has 12 heavy (non-hydrogen) atoms. The van der Waals surface area contributed by atoms with Crippen molar-refractivity contribution >= 4 is 24.3 Å². The van der Waals surface area contributed by atoms with Crippen LogP contribution in [0.2, 0.25) is 0 Å². The first-order valence-corrected chi connectivity index (χ1v) is 5.84. The van der Waals surface area contributed by atoms with E-state index in [0.29, 0.717) is 14.5 Å². The van der Waals surface area contributed by atoms with Crippen molar-refractivity contribution in [2.75, 3.05) is 0 Å². The zero-order valence-electron chi connectivity index (χ0n) is 7.51. The van der Waals surface area contributed by atoms with Crippen LogP contribution in [0.15, 0.2) is 11.1 Å². The Bertz CT molecular complexity index is 429. The number of fused-ring (bicyclic) bond motifs is 1. The first-order chi connectivity index (χ1) is 5.70. The van der Waals surface area contributed by atoms with Crippen molar-refractivity contribution in [2.45, 2.75) is 20.8 Å². The number of hydrogen-bond acceptors (Lipinski definition) is 1. The molecule has 0 fully saturated rings. The second-order valence-electron chi connectivity index (χ2n) is 3.17. The summed E-state index contributed by atoms with van der Waals surface area (Å²) in [6.07, 6.45) is 0. The zero-order chi connectivity index (χ0) is 8.72. The van der Waals surface area contributed by atoms with E-state index < -0.39 is 0 Å². The molecule has 1 aromatic carbocycles. The Kier molecular flexibility index (Phi) is 1.82. The minimum atomic E-state index is 0.484. The van der Waals surface area contributed by atoms with E-state index >= 15 is 0 Å². The molecule has 0 unspecified atom stereocenters. The van der Waals surface area contributed by atoms with Crippen LogP contribution in [-0.4, -0.2) is 19.5 Å². The summed E-state index contributed by atoms with van der Waals surface area (Å²) in [6, 6.07) is 2.27. The van der Waals surface area contributed by atoms with Crippen molar-refractivity contribution in [3.05, 3.63) is 27.8 Å². The Labute approximate surface area is 78.2 Å². The number of aryl methyl sites for hydroxylation is 3. The Morgan fingerprint density at radius 2 is 1.92 bits per heavy atom. The molecule has 1 aromatic heterocycles. The summed E-state index contributed by atoms with van der Waals surface area (Å²) in [7, 11) is 0. The van der Waals surface area contributed by atoms with Crippen molar-refractivity contribution in [1.82, 2.24) is 4.98 Å². The fourth-order valence-electron chi connectivity index (χ4n) is 1.48. The molecular weight excluding hydrogens is 213 g/mol. The Balaban J connectivity index is 2.97. The van der Waals surface area contributed by atoms with E-state index in [1.807, 2.05) is 0 Å². The summed E-state index contributed by atoms with van der Waals surface area (Å²) >= 11 is 0.484. The molecule has 62 valence electrons. The van der Waals surface area contributed by atoms with Gasteiger partial charge in [-0.05, 0) is 0 Å². The van der Waals surface area contributed by atoms with Gasteiger partial charge in [0.25, 0.3) is 0 Å². The molecule has 0 aliphatic carbocycles. The number of rotatable bonds is 0. The van der Waals surface area contributed by atoms with Crippen molar-refractivity contribution in [2.24, 2.45) is 0 Å². The van der Waals surface area contributed by atoms with Crippen LogP contribution in [0.1, 0.15) is 16.7 Å². The number of hydrogen-bond donors (Lipinski definition) is 0. The van der Waals surface area contributed by atoms with Crippen LogP contribution in [0, 0.1) is 20.8 Å². The van der Waals surface area contributed by atoms with Crippen molar-refractivity contribution in [1.29, 1.82) is 0 Å². The van der Waals surface area contributed by atoms with Gasteiger partial charge < -0.3 is 0 Å². The predicted molar refractivity (Wildman–Crippen MR) is 52.9 cm³/mol. The van der Waals surface area contributed by atoms with Crippen LogP contribution in [-0.2, 0) is 0 Å². The van der Waals surface area contributed by atoms with Crippen LogP contribution in [0.25, 0.3) is 9.78 Å². The van der Waals surface area contributed by atoms with Crippen molar-refractivity contribution < 1.29 is 0 Å². The van der Waals surface area contributed by atoms with Gasteiger partial charge in [0.15, 0.2) is 0 Å². The summed E-state index contributed by atoms with van der Waals surface area (Å²) in [5.41, 5.74) is 5.37. The van der Waals surface area contributed by atoms with E-state index in [-0.39, 0.29) is 0 Å². The molecule has 0 amide bonds. The Hall–Kier alpha value is -0.591. The van der Waals surface area contributed by atoms with E-state index in [1.165, 1.54) is 26.5 Å². The third kappa shape index (κ3) is 1.03. The van der Waals surface area contributed by atoms with Crippen LogP contribution in [0.4, 0.5) is 0 Å². The van der Waals surface area contributed by atoms with E-state index in [1.54, 1.807) is 0 Å². The Morgan fingerprint density at radius 1 is 1.17 bits per heavy atom. The molecule has 2 heteroatoms. The molecule has 2 aromatic rings. The molecule has 0 radical (unpaired) electrons. The van der Waals surface area contributed by atoms with Crippen LogP contribution < -0.4 is 0 Å². The van der Waals surface area contributed by atoms with Gasteiger partial charge in [-0.1, -0.05) is 0 Å². The average Bonchev–Trinajstić information content (AvgIpc) is 2.48. The molecule has 1 heterocycles. The maximum atomic E-state index is 4.42. The summed E-state index contributed by atoms with van der Waals surface area (Å²) in [5, 5.41) is 2.07.